The maximum atomic E-state index is 12.3. The molecule has 2 aliphatic rings. The fraction of sp³-hybridized carbons (Fsp3) is 0.611. The van der Waals surface area contributed by atoms with Crippen molar-refractivity contribution < 1.29 is 28.1 Å². The zero-order chi connectivity index (χ0) is 18.7. The minimum Gasteiger partial charge on any atom is -0.318 e. The van der Waals surface area contributed by atoms with Crippen molar-refractivity contribution >= 4 is 11.6 Å². The van der Waals surface area contributed by atoms with E-state index in [9.17, 15) is 18.0 Å². The Morgan fingerprint density at radius 1 is 1.08 bits per heavy atom. The summed E-state index contributed by atoms with van der Waals surface area (Å²) in [6.07, 6.45) is 1.79. The predicted octanol–water partition coefficient (Wildman–Crippen LogP) is 3.82. The van der Waals surface area contributed by atoms with Crippen LogP contribution in [0.4, 0.5) is 18.9 Å². The Morgan fingerprint density at radius 2 is 1.69 bits per heavy atom. The number of hydrogen-bond donors (Lipinski definition) is 3. The second-order valence-corrected chi connectivity index (χ2v) is 7.05. The molecule has 3 N–H and O–H groups in total. The lowest BCUT2D eigenvalue weighted by atomic mass is 10.1. The van der Waals surface area contributed by atoms with Crippen LogP contribution in [-0.4, -0.2) is 35.5 Å². The highest BCUT2D eigenvalue weighted by Gasteiger charge is 2.53. The van der Waals surface area contributed by atoms with Gasteiger partial charge in [-0.3, -0.25) is 10.1 Å². The number of hydrogen-bond acceptors (Lipinski definition) is 4. The van der Waals surface area contributed by atoms with Gasteiger partial charge < -0.3 is 10.6 Å². The number of carbonyl (C=O) groups is 1. The fourth-order valence-corrected chi connectivity index (χ4v) is 3.72. The number of alkyl halides is 3. The lowest BCUT2D eigenvalue weighted by Gasteiger charge is -2.16. The molecule has 0 aromatic heterocycles. The number of carbonyl (C=O) groups excluding carboxylic acids is 1. The molecule has 2 aliphatic carbocycles. The monoisotopic (exact) mass is 372 g/mol. The first-order valence-corrected chi connectivity index (χ1v) is 8.94. The summed E-state index contributed by atoms with van der Waals surface area (Å²) in [5.41, 5.74) is 0.923. The van der Waals surface area contributed by atoms with Crippen molar-refractivity contribution in [1.82, 2.24) is 5.32 Å². The molecule has 1 aromatic carbocycles. The molecule has 0 aliphatic heterocycles. The van der Waals surface area contributed by atoms with Crippen molar-refractivity contribution in [2.24, 2.45) is 0 Å². The van der Waals surface area contributed by atoms with Crippen molar-refractivity contribution in [3.05, 3.63) is 29.8 Å². The van der Waals surface area contributed by atoms with E-state index in [0.717, 1.165) is 18.4 Å². The maximum Gasteiger partial charge on any atom is 0.471 e. The lowest BCUT2D eigenvalue weighted by Crippen LogP contribution is -2.32. The first-order valence-electron chi connectivity index (χ1n) is 8.94. The molecule has 5 nitrogen and oxygen atoms in total. The predicted molar refractivity (Wildman–Crippen MR) is 89.8 cm³/mol. The smallest absolute Gasteiger partial charge is 0.318 e. The average Bonchev–Trinajstić information content (AvgIpc) is 3.34. The van der Waals surface area contributed by atoms with Gasteiger partial charge in [0, 0.05) is 23.7 Å². The number of amides is 1. The van der Waals surface area contributed by atoms with Crippen LogP contribution in [0.3, 0.4) is 0 Å². The summed E-state index contributed by atoms with van der Waals surface area (Å²) in [6, 6.07) is 6.53. The number of anilines is 1. The Kier molecular flexibility index (Phi) is 5.84. The van der Waals surface area contributed by atoms with Gasteiger partial charge in [-0.05, 0) is 30.5 Å². The van der Waals surface area contributed by atoms with Gasteiger partial charge in [0.15, 0.2) is 0 Å². The second-order valence-electron chi connectivity index (χ2n) is 7.05. The molecule has 8 heteroatoms. The summed E-state index contributed by atoms with van der Waals surface area (Å²) in [7, 11) is 0. The molecule has 26 heavy (non-hydrogen) atoms. The van der Waals surface area contributed by atoms with Gasteiger partial charge in [-0.2, -0.15) is 13.2 Å². The Morgan fingerprint density at radius 3 is 2.23 bits per heavy atom. The van der Waals surface area contributed by atoms with Gasteiger partial charge in [0.25, 0.3) is 0 Å². The minimum atomic E-state index is -4.92. The van der Waals surface area contributed by atoms with Crippen molar-refractivity contribution in [2.75, 3.05) is 5.32 Å². The molecule has 1 aromatic rings. The second kappa shape index (κ2) is 7.94. The van der Waals surface area contributed by atoms with Crippen molar-refractivity contribution in [3.8, 4) is 0 Å². The largest absolute Gasteiger partial charge is 0.471 e. The van der Waals surface area contributed by atoms with Crippen LogP contribution in [0.2, 0.25) is 0 Å². The van der Waals surface area contributed by atoms with Gasteiger partial charge in [-0.1, -0.05) is 37.8 Å². The Balaban J connectivity index is 1.60. The zero-order valence-electron chi connectivity index (χ0n) is 14.3. The fourth-order valence-electron chi connectivity index (χ4n) is 3.72. The van der Waals surface area contributed by atoms with E-state index >= 15 is 0 Å². The summed E-state index contributed by atoms with van der Waals surface area (Å²) >= 11 is 0. The van der Waals surface area contributed by atoms with E-state index in [0.29, 0.717) is 6.04 Å². The molecule has 0 saturated heterocycles. The Bertz CT molecular complexity index is 613. The topological polar surface area (TPSA) is 70.6 Å². The van der Waals surface area contributed by atoms with Gasteiger partial charge in [0.1, 0.15) is 6.10 Å². The molecule has 3 rings (SSSR count). The van der Waals surface area contributed by atoms with Gasteiger partial charge in [0.2, 0.25) is 0 Å². The van der Waals surface area contributed by atoms with Crippen LogP contribution in [-0.2, 0) is 9.68 Å². The Labute approximate surface area is 149 Å². The summed E-state index contributed by atoms with van der Waals surface area (Å²) < 4.78 is 36.9. The van der Waals surface area contributed by atoms with E-state index in [2.05, 4.69) is 10.2 Å². The SMILES string of the molecule is O=C(Nc1ccc(C2C(NC3CCCCCC3)C2OO)cc1)C(F)(F)F. The summed E-state index contributed by atoms with van der Waals surface area (Å²) in [5.74, 6) is -2.06. The van der Waals surface area contributed by atoms with Crippen molar-refractivity contribution in [2.45, 2.75) is 68.8 Å². The van der Waals surface area contributed by atoms with Crippen molar-refractivity contribution in [3.63, 3.8) is 0 Å². The molecule has 3 unspecified atom stereocenters. The van der Waals surface area contributed by atoms with E-state index in [1.807, 2.05) is 5.32 Å². The normalized spacial score (nSPS) is 27.0. The van der Waals surface area contributed by atoms with E-state index in [1.165, 1.54) is 37.8 Å². The van der Waals surface area contributed by atoms with Crippen LogP contribution >= 0.6 is 0 Å². The molecule has 2 saturated carbocycles. The average molecular weight is 372 g/mol. The maximum absolute atomic E-state index is 12.3. The first-order chi connectivity index (χ1) is 12.4. The molecule has 3 atom stereocenters. The molecule has 0 heterocycles. The van der Waals surface area contributed by atoms with E-state index in [-0.39, 0.29) is 23.8 Å². The summed E-state index contributed by atoms with van der Waals surface area (Å²) in [4.78, 5) is 15.5. The highest BCUT2D eigenvalue weighted by molar-refractivity contribution is 5.94. The number of nitrogens with one attached hydrogen (secondary N) is 2. The van der Waals surface area contributed by atoms with Crippen LogP contribution in [0.1, 0.15) is 50.0 Å². The highest BCUT2D eigenvalue weighted by atomic mass is 19.4. The third kappa shape index (κ3) is 4.55. The molecular weight excluding hydrogens is 349 g/mol. The number of benzene rings is 1. The number of halogens is 3. The summed E-state index contributed by atoms with van der Waals surface area (Å²) in [5, 5.41) is 14.5. The lowest BCUT2D eigenvalue weighted by molar-refractivity contribution is -0.255. The van der Waals surface area contributed by atoms with E-state index < -0.39 is 12.1 Å². The van der Waals surface area contributed by atoms with E-state index in [4.69, 9.17) is 5.26 Å². The third-order valence-electron chi connectivity index (χ3n) is 5.17. The van der Waals surface area contributed by atoms with Gasteiger partial charge in [-0.15, -0.1) is 0 Å². The molecule has 1 amide bonds. The van der Waals surface area contributed by atoms with Crippen molar-refractivity contribution in [1.29, 1.82) is 0 Å². The first kappa shape index (κ1) is 19.1. The van der Waals surface area contributed by atoms with Gasteiger partial charge in [0.05, 0.1) is 0 Å². The van der Waals surface area contributed by atoms with Crippen LogP contribution in [0, 0.1) is 0 Å². The van der Waals surface area contributed by atoms with Crippen LogP contribution in [0.25, 0.3) is 0 Å². The molecule has 0 spiro atoms. The molecular formula is C18H23F3N2O3. The van der Waals surface area contributed by atoms with Crippen LogP contribution < -0.4 is 10.6 Å². The molecule has 2 fully saturated rings. The highest BCUT2D eigenvalue weighted by Crippen LogP contribution is 2.44. The quantitative estimate of drug-likeness (QED) is 0.417. The van der Waals surface area contributed by atoms with E-state index in [1.54, 1.807) is 12.1 Å². The van der Waals surface area contributed by atoms with Gasteiger partial charge >= 0.3 is 12.1 Å². The number of rotatable bonds is 5. The van der Waals surface area contributed by atoms with Gasteiger partial charge in [-0.25, -0.2) is 4.89 Å². The third-order valence-corrected chi connectivity index (χ3v) is 5.17. The Hall–Kier alpha value is -1.64. The zero-order valence-corrected chi connectivity index (χ0v) is 14.3. The molecule has 0 radical (unpaired) electrons. The van der Waals surface area contributed by atoms with Crippen LogP contribution in [0.15, 0.2) is 24.3 Å². The summed E-state index contributed by atoms with van der Waals surface area (Å²) in [6.45, 7) is 0. The van der Waals surface area contributed by atoms with Crippen LogP contribution in [0.5, 0.6) is 0 Å². The standard InChI is InChI=1S/C18H23F3N2O3/c19-18(20,21)17(24)23-13-9-7-11(8-10-13)14-15(16(14)26-25)22-12-5-3-1-2-4-6-12/h7-10,12,14-16,22,25H,1-6H2,(H,23,24). The molecule has 0 bridgehead atoms. The minimum absolute atomic E-state index is 0.0151. The molecule has 144 valence electrons.